The first-order valence-corrected chi connectivity index (χ1v) is 3.18. The Kier molecular flexibility index (Phi) is 9.75. The summed E-state index contributed by atoms with van der Waals surface area (Å²) in [5, 5.41) is 0. The minimum absolute atomic E-state index is 0. The zero-order chi connectivity index (χ0) is 6.41. The molecule has 0 fully saturated rings. The quantitative estimate of drug-likeness (QED) is 0.588. The molecule has 0 heterocycles. The maximum Gasteiger partial charge on any atom is 0.0160 e. The van der Waals surface area contributed by atoms with E-state index in [-0.39, 0.29) is 6.15 Å². The highest BCUT2D eigenvalue weighted by molar-refractivity contribution is 4.71. The van der Waals surface area contributed by atoms with Crippen molar-refractivity contribution in [3.8, 4) is 0 Å². The average molecular weight is 130 g/mol. The average Bonchev–Trinajstić information content (AvgIpc) is 1.83. The van der Waals surface area contributed by atoms with Crippen molar-refractivity contribution in [2.75, 3.05) is 19.6 Å². The van der Waals surface area contributed by atoms with Gasteiger partial charge in [0.15, 0.2) is 0 Å². The van der Waals surface area contributed by atoms with E-state index >= 15 is 0 Å². The van der Waals surface area contributed by atoms with E-state index in [1.165, 1.54) is 0 Å². The number of hydrogen-bond donors (Lipinski definition) is 1. The molecule has 0 bridgehead atoms. The number of rotatable bonds is 4. The second-order valence-corrected chi connectivity index (χ2v) is 1.77. The van der Waals surface area contributed by atoms with Crippen LogP contribution in [0.15, 0.2) is 12.7 Å². The van der Waals surface area contributed by atoms with Crippen molar-refractivity contribution in [2.45, 2.75) is 13.8 Å². The molecule has 0 aliphatic rings. The summed E-state index contributed by atoms with van der Waals surface area (Å²) in [6.45, 7) is 11.2. The first-order chi connectivity index (χ1) is 3.85. The summed E-state index contributed by atoms with van der Waals surface area (Å²) in [5.74, 6) is 0. The van der Waals surface area contributed by atoms with Crippen molar-refractivity contribution in [3.05, 3.63) is 12.7 Å². The van der Waals surface area contributed by atoms with Gasteiger partial charge in [0.05, 0.1) is 0 Å². The van der Waals surface area contributed by atoms with Crippen LogP contribution >= 0.6 is 0 Å². The van der Waals surface area contributed by atoms with Crippen LogP contribution in [-0.2, 0) is 0 Å². The van der Waals surface area contributed by atoms with Crippen LogP contribution in [0.2, 0.25) is 0 Å². The normalized spacial score (nSPS) is 8.78. The van der Waals surface area contributed by atoms with E-state index in [2.05, 4.69) is 25.3 Å². The van der Waals surface area contributed by atoms with Crippen LogP contribution in [0.25, 0.3) is 0 Å². The monoisotopic (exact) mass is 130 g/mol. The molecular weight excluding hydrogens is 112 g/mol. The molecule has 0 atom stereocenters. The molecule has 0 radical (unpaired) electrons. The largest absolute Gasteiger partial charge is 0.344 e. The van der Waals surface area contributed by atoms with Crippen LogP contribution in [0.3, 0.4) is 0 Å². The van der Waals surface area contributed by atoms with Gasteiger partial charge < -0.3 is 11.1 Å². The van der Waals surface area contributed by atoms with Gasteiger partial charge in [-0.2, -0.15) is 0 Å². The van der Waals surface area contributed by atoms with Gasteiger partial charge in [-0.05, 0) is 13.1 Å². The summed E-state index contributed by atoms with van der Waals surface area (Å²) >= 11 is 0. The third kappa shape index (κ3) is 5.53. The van der Waals surface area contributed by atoms with Crippen molar-refractivity contribution in [1.29, 1.82) is 0 Å². The fourth-order valence-electron chi connectivity index (χ4n) is 0.664. The lowest BCUT2D eigenvalue weighted by atomic mass is 10.5. The Labute approximate surface area is 58.1 Å². The molecule has 56 valence electrons. The van der Waals surface area contributed by atoms with Crippen molar-refractivity contribution in [2.24, 2.45) is 0 Å². The SMILES string of the molecule is C=CCN(CC)CC.N. The molecule has 0 saturated carbocycles. The van der Waals surface area contributed by atoms with Crippen LogP contribution in [0.4, 0.5) is 0 Å². The minimum Gasteiger partial charge on any atom is -0.344 e. The van der Waals surface area contributed by atoms with Gasteiger partial charge >= 0.3 is 0 Å². The minimum atomic E-state index is 0. The van der Waals surface area contributed by atoms with E-state index in [0.717, 1.165) is 19.6 Å². The molecule has 0 aromatic heterocycles. The molecule has 0 saturated heterocycles. The van der Waals surface area contributed by atoms with Gasteiger partial charge in [0.1, 0.15) is 0 Å². The standard InChI is InChI=1S/C7H15N.H3N/c1-4-7-8(5-2)6-3;/h4H,1,5-7H2,2-3H3;1H3. The van der Waals surface area contributed by atoms with Gasteiger partial charge in [0.25, 0.3) is 0 Å². The van der Waals surface area contributed by atoms with E-state index < -0.39 is 0 Å². The van der Waals surface area contributed by atoms with Crippen LogP contribution < -0.4 is 6.15 Å². The van der Waals surface area contributed by atoms with Gasteiger partial charge in [0.2, 0.25) is 0 Å². The van der Waals surface area contributed by atoms with Gasteiger partial charge in [-0.25, -0.2) is 0 Å². The van der Waals surface area contributed by atoms with Gasteiger partial charge in [-0.15, -0.1) is 6.58 Å². The second-order valence-electron chi connectivity index (χ2n) is 1.77. The Balaban J connectivity index is 0. The lowest BCUT2D eigenvalue weighted by Crippen LogP contribution is -2.22. The molecule has 0 aliphatic heterocycles. The van der Waals surface area contributed by atoms with E-state index in [9.17, 15) is 0 Å². The molecule has 0 aromatic rings. The first-order valence-electron chi connectivity index (χ1n) is 3.18. The topological polar surface area (TPSA) is 38.2 Å². The molecule has 0 aliphatic carbocycles. The van der Waals surface area contributed by atoms with Crippen LogP contribution in [-0.4, -0.2) is 24.5 Å². The Bertz CT molecular complexity index is 57.9. The summed E-state index contributed by atoms with van der Waals surface area (Å²) in [4.78, 5) is 2.31. The Morgan fingerprint density at radius 3 is 1.89 bits per heavy atom. The zero-order valence-electron chi connectivity index (χ0n) is 6.56. The van der Waals surface area contributed by atoms with E-state index in [4.69, 9.17) is 0 Å². The molecule has 0 spiro atoms. The highest BCUT2D eigenvalue weighted by atomic mass is 15.1. The van der Waals surface area contributed by atoms with Crippen LogP contribution in [0.1, 0.15) is 13.8 Å². The molecule has 0 unspecified atom stereocenters. The molecule has 3 N–H and O–H groups in total. The molecule has 0 amide bonds. The fourth-order valence-corrected chi connectivity index (χ4v) is 0.664. The van der Waals surface area contributed by atoms with Crippen LogP contribution in [0, 0.1) is 0 Å². The van der Waals surface area contributed by atoms with Gasteiger partial charge in [0, 0.05) is 6.54 Å². The van der Waals surface area contributed by atoms with Crippen molar-refractivity contribution in [1.82, 2.24) is 11.1 Å². The third-order valence-electron chi connectivity index (χ3n) is 1.28. The van der Waals surface area contributed by atoms with Crippen molar-refractivity contribution < 1.29 is 0 Å². The van der Waals surface area contributed by atoms with Crippen molar-refractivity contribution in [3.63, 3.8) is 0 Å². The maximum absolute atomic E-state index is 3.65. The van der Waals surface area contributed by atoms with Gasteiger partial charge in [-0.1, -0.05) is 19.9 Å². The molecule has 0 aromatic carbocycles. The zero-order valence-corrected chi connectivity index (χ0v) is 6.56. The number of nitrogens with zero attached hydrogens (tertiary/aromatic N) is 1. The first kappa shape index (κ1) is 11.5. The molecule has 9 heavy (non-hydrogen) atoms. The Morgan fingerprint density at radius 1 is 1.33 bits per heavy atom. The summed E-state index contributed by atoms with van der Waals surface area (Å²) in [5.41, 5.74) is 0. The number of hydrogen-bond acceptors (Lipinski definition) is 2. The highest BCUT2D eigenvalue weighted by Crippen LogP contribution is 1.84. The Hall–Kier alpha value is -0.340. The predicted molar refractivity (Wildman–Crippen MR) is 43.0 cm³/mol. The fraction of sp³-hybridized carbons (Fsp3) is 0.714. The second kappa shape index (κ2) is 7.66. The van der Waals surface area contributed by atoms with Crippen molar-refractivity contribution >= 4 is 0 Å². The predicted octanol–water partition coefficient (Wildman–Crippen LogP) is 1.68. The van der Waals surface area contributed by atoms with E-state index in [1.807, 2.05) is 6.08 Å². The summed E-state index contributed by atoms with van der Waals surface area (Å²) in [7, 11) is 0. The Morgan fingerprint density at radius 2 is 1.78 bits per heavy atom. The summed E-state index contributed by atoms with van der Waals surface area (Å²) < 4.78 is 0. The smallest absolute Gasteiger partial charge is 0.0160 e. The number of likely N-dealkylation sites (N-methyl/N-ethyl adjacent to an activating group) is 1. The lowest BCUT2D eigenvalue weighted by Gasteiger charge is -2.14. The molecule has 2 nitrogen and oxygen atoms in total. The molecule has 2 heteroatoms. The maximum atomic E-state index is 3.65. The van der Waals surface area contributed by atoms with Crippen LogP contribution in [0.5, 0.6) is 0 Å². The summed E-state index contributed by atoms with van der Waals surface area (Å²) in [6.07, 6.45) is 1.94. The molecule has 0 rings (SSSR count). The lowest BCUT2D eigenvalue weighted by molar-refractivity contribution is 0.337. The van der Waals surface area contributed by atoms with E-state index in [1.54, 1.807) is 0 Å². The highest BCUT2D eigenvalue weighted by Gasteiger charge is 1.90. The van der Waals surface area contributed by atoms with Gasteiger partial charge in [-0.3, -0.25) is 0 Å². The summed E-state index contributed by atoms with van der Waals surface area (Å²) in [6, 6.07) is 0. The molecular formula is C7H18N2. The third-order valence-corrected chi connectivity index (χ3v) is 1.28. The van der Waals surface area contributed by atoms with E-state index in [0.29, 0.717) is 0 Å².